The number of halogens is 1. The number of H-pyrrole nitrogens is 1. The van der Waals surface area contributed by atoms with Crippen molar-refractivity contribution >= 4 is 39.2 Å². The van der Waals surface area contributed by atoms with Crippen molar-refractivity contribution in [1.29, 1.82) is 0 Å². The highest BCUT2D eigenvalue weighted by Gasteiger charge is 2.26. The Bertz CT molecular complexity index is 648. The van der Waals surface area contributed by atoms with Crippen molar-refractivity contribution in [3.63, 3.8) is 0 Å². The normalized spacial score (nSPS) is 27.8. The molecule has 1 aliphatic carbocycles. The molecule has 3 rings (SSSR count). The second-order valence-corrected chi connectivity index (χ2v) is 7.34. The van der Waals surface area contributed by atoms with Crippen LogP contribution in [0.25, 0.3) is 11.0 Å². The molecule has 1 aliphatic rings. The third kappa shape index (κ3) is 2.52. The Balaban J connectivity index is 2.09. The zero-order valence-corrected chi connectivity index (χ0v) is 13.7. The van der Waals surface area contributed by atoms with Gasteiger partial charge in [0, 0.05) is 10.5 Å². The van der Waals surface area contributed by atoms with Crippen molar-refractivity contribution in [3.8, 4) is 0 Å². The predicted molar refractivity (Wildman–Crippen MR) is 86.0 cm³/mol. The van der Waals surface area contributed by atoms with Gasteiger partial charge < -0.3 is 9.55 Å². The van der Waals surface area contributed by atoms with Crippen molar-refractivity contribution in [2.24, 2.45) is 11.8 Å². The van der Waals surface area contributed by atoms with Crippen LogP contribution in [0.5, 0.6) is 0 Å². The first-order chi connectivity index (χ1) is 9.04. The second kappa shape index (κ2) is 5.06. The molecule has 1 saturated carbocycles. The molecule has 0 aliphatic heterocycles. The van der Waals surface area contributed by atoms with Gasteiger partial charge in [0.05, 0.1) is 11.0 Å². The quantitative estimate of drug-likeness (QED) is 0.684. The Morgan fingerprint density at radius 3 is 2.58 bits per heavy atom. The van der Waals surface area contributed by atoms with Crippen LogP contribution in [-0.2, 0) is 0 Å². The van der Waals surface area contributed by atoms with Gasteiger partial charge in [-0.2, -0.15) is 0 Å². The molecule has 2 atom stereocenters. The smallest absolute Gasteiger partial charge is 0.178 e. The van der Waals surface area contributed by atoms with E-state index in [1.807, 2.05) is 0 Å². The van der Waals surface area contributed by atoms with Gasteiger partial charge in [0.1, 0.15) is 0 Å². The molecule has 1 heterocycles. The molecule has 19 heavy (non-hydrogen) atoms. The Hall–Kier alpha value is -0.610. The van der Waals surface area contributed by atoms with Gasteiger partial charge in [-0.25, -0.2) is 0 Å². The molecule has 1 aromatic carbocycles. The number of aromatic nitrogens is 2. The first kappa shape index (κ1) is 13.4. The van der Waals surface area contributed by atoms with Crippen molar-refractivity contribution in [2.75, 3.05) is 0 Å². The number of benzene rings is 1. The zero-order valence-electron chi connectivity index (χ0n) is 11.3. The van der Waals surface area contributed by atoms with Crippen LogP contribution in [0.2, 0.25) is 0 Å². The van der Waals surface area contributed by atoms with Crippen LogP contribution >= 0.6 is 28.1 Å². The lowest BCUT2D eigenvalue weighted by Crippen LogP contribution is -2.22. The van der Waals surface area contributed by atoms with Gasteiger partial charge in [0.2, 0.25) is 0 Å². The van der Waals surface area contributed by atoms with Crippen LogP contribution in [0, 0.1) is 16.6 Å². The van der Waals surface area contributed by atoms with E-state index in [0.29, 0.717) is 6.04 Å². The molecule has 1 N–H and O–H groups in total. The van der Waals surface area contributed by atoms with E-state index in [1.54, 1.807) is 0 Å². The highest BCUT2D eigenvalue weighted by molar-refractivity contribution is 9.10. The van der Waals surface area contributed by atoms with E-state index in [0.717, 1.165) is 26.6 Å². The summed E-state index contributed by atoms with van der Waals surface area (Å²) in [6.45, 7) is 4.72. The van der Waals surface area contributed by atoms with E-state index in [1.165, 1.54) is 24.8 Å². The first-order valence-corrected chi connectivity index (χ1v) is 8.14. The number of aromatic amines is 1. The van der Waals surface area contributed by atoms with Crippen molar-refractivity contribution in [1.82, 2.24) is 9.55 Å². The molecule has 0 amide bonds. The summed E-state index contributed by atoms with van der Waals surface area (Å²) >= 11 is 9.06. The van der Waals surface area contributed by atoms with Gasteiger partial charge in [-0.3, -0.25) is 0 Å². The lowest BCUT2D eigenvalue weighted by molar-refractivity contribution is 0.223. The van der Waals surface area contributed by atoms with Gasteiger partial charge in [0.15, 0.2) is 4.77 Å². The van der Waals surface area contributed by atoms with Crippen LogP contribution < -0.4 is 0 Å². The number of nitrogens with zero attached hydrogens (tertiary/aromatic N) is 1. The van der Waals surface area contributed by atoms with Crippen LogP contribution in [0.3, 0.4) is 0 Å². The highest BCUT2D eigenvalue weighted by Crippen LogP contribution is 2.37. The first-order valence-electron chi connectivity index (χ1n) is 6.94. The minimum absolute atomic E-state index is 0.543. The van der Waals surface area contributed by atoms with E-state index in [-0.39, 0.29) is 0 Å². The molecule has 0 saturated heterocycles. The minimum Gasteiger partial charge on any atom is -0.331 e. The van der Waals surface area contributed by atoms with E-state index in [4.69, 9.17) is 12.2 Å². The maximum absolute atomic E-state index is 5.55. The molecular formula is C15H19BrN2S. The molecule has 0 bridgehead atoms. The van der Waals surface area contributed by atoms with E-state index >= 15 is 0 Å². The fourth-order valence-electron chi connectivity index (χ4n) is 3.58. The largest absolute Gasteiger partial charge is 0.331 e. The predicted octanol–water partition coefficient (Wildman–Crippen LogP) is 5.46. The summed E-state index contributed by atoms with van der Waals surface area (Å²) in [5, 5.41) is 0. The minimum atomic E-state index is 0.543. The highest BCUT2D eigenvalue weighted by atomic mass is 79.9. The molecule has 1 fully saturated rings. The van der Waals surface area contributed by atoms with Gasteiger partial charge in [-0.1, -0.05) is 29.8 Å². The van der Waals surface area contributed by atoms with Gasteiger partial charge >= 0.3 is 0 Å². The van der Waals surface area contributed by atoms with Gasteiger partial charge in [0.25, 0.3) is 0 Å². The zero-order chi connectivity index (χ0) is 13.6. The third-order valence-corrected chi connectivity index (χ3v) is 4.99. The molecule has 1 aromatic heterocycles. The molecular weight excluding hydrogens is 320 g/mol. The molecule has 0 radical (unpaired) electrons. The standard InChI is InChI=1S/C15H19BrN2S/c1-9-5-10(2)7-12(6-9)18-14-4-3-11(16)8-13(14)17-15(18)19/h3-4,8-10,12H,5-7H2,1-2H3,(H,17,19). The second-order valence-electron chi connectivity index (χ2n) is 6.03. The fraction of sp³-hybridized carbons (Fsp3) is 0.533. The SMILES string of the molecule is CC1CC(C)CC(n2c(=S)[nH]c3cc(Br)ccc32)C1. The van der Waals surface area contributed by atoms with Crippen LogP contribution in [0.4, 0.5) is 0 Å². The number of hydrogen-bond donors (Lipinski definition) is 1. The Labute approximate surface area is 127 Å². The van der Waals surface area contributed by atoms with Crippen molar-refractivity contribution in [3.05, 3.63) is 27.4 Å². The summed E-state index contributed by atoms with van der Waals surface area (Å²) in [7, 11) is 0. The van der Waals surface area contributed by atoms with Crippen LogP contribution in [0.1, 0.15) is 39.2 Å². The summed E-state index contributed by atoms with van der Waals surface area (Å²) < 4.78 is 4.29. The maximum Gasteiger partial charge on any atom is 0.178 e. The van der Waals surface area contributed by atoms with Crippen LogP contribution in [-0.4, -0.2) is 9.55 Å². The van der Waals surface area contributed by atoms with Crippen molar-refractivity contribution in [2.45, 2.75) is 39.2 Å². The van der Waals surface area contributed by atoms with Crippen molar-refractivity contribution < 1.29 is 0 Å². The fourth-order valence-corrected chi connectivity index (χ4v) is 4.30. The summed E-state index contributed by atoms with van der Waals surface area (Å²) in [4.78, 5) is 3.34. The lowest BCUT2D eigenvalue weighted by atomic mass is 9.80. The lowest BCUT2D eigenvalue weighted by Gasteiger charge is -2.32. The summed E-state index contributed by atoms with van der Waals surface area (Å²) in [6.07, 6.45) is 3.82. The number of rotatable bonds is 1. The third-order valence-electron chi connectivity index (χ3n) is 4.20. The molecule has 2 unspecified atom stereocenters. The average Bonchev–Trinajstić information content (AvgIpc) is 2.62. The molecule has 102 valence electrons. The number of fused-ring (bicyclic) bond motifs is 1. The van der Waals surface area contributed by atoms with E-state index < -0.39 is 0 Å². The summed E-state index contributed by atoms with van der Waals surface area (Å²) in [6, 6.07) is 6.91. The molecule has 4 heteroatoms. The van der Waals surface area contributed by atoms with Gasteiger partial charge in [-0.05, 0) is 61.5 Å². The van der Waals surface area contributed by atoms with Crippen LogP contribution in [0.15, 0.2) is 22.7 Å². The average molecular weight is 339 g/mol. The topological polar surface area (TPSA) is 20.7 Å². The number of hydrogen-bond acceptors (Lipinski definition) is 1. The Morgan fingerprint density at radius 1 is 1.21 bits per heavy atom. The van der Waals surface area contributed by atoms with Gasteiger partial charge in [-0.15, -0.1) is 0 Å². The number of imidazole rings is 1. The monoisotopic (exact) mass is 338 g/mol. The van der Waals surface area contributed by atoms with E-state index in [2.05, 4.69) is 57.5 Å². The Kier molecular flexibility index (Phi) is 3.56. The molecule has 2 nitrogen and oxygen atoms in total. The van der Waals surface area contributed by atoms with E-state index in [9.17, 15) is 0 Å². The maximum atomic E-state index is 5.55. The summed E-state index contributed by atoms with van der Waals surface area (Å²) in [5.41, 5.74) is 2.37. The Morgan fingerprint density at radius 2 is 1.89 bits per heavy atom. The summed E-state index contributed by atoms with van der Waals surface area (Å²) in [5.74, 6) is 1.58. The number of nitrogens with one attached hydrogen (secondary N) is 1. The molecule has 0 spiro atoms. The molecule has 2 aromatic rings.